The molecule has 0 aliphatic carbocycles. The number of aliphatic hydroxyl groups excluding tert-OH is 1. The molecule has 2 aromatic heterocycles. The molecule has 12 heteroatoms. The lowest BCUT2D eigenvalue weighted by Crippen LogP contribution is -2.45. The van der Waals surface area contributed by atoms with Crippen LogP contribution in [0.1, 0.15) is 20.8 Å². The normalized spacial score (nSPS) is 16.8. The van der Waals surface area contributed by atoms with E-state index in [9.17, 15) is 14.7 Å². The summed E-state index contributed by atoms with van der Waals surface area (Å²) in [6.07, 6.45) is 3.41. The van der Waals surface area contributed by atoms with Gasteiger partial charge in [0, 0.05) is 49.9 Å². The van der Waals surface area contributed by atoms with Gasteiger partial charge in [-0.15, -0.1) is 0 Å². The Morgan fingerprint density at radius 1 is 1.09 bits per heavy atom. The molecule has 1 amide bonds. The molecule has 1 saturated heterocycles. The van der Waals surface area contributed by atoms with Gasteiger partial charge in [-0.05, 0) is 68.3 Å². The number of ether oxygens (including phenoxy) is 2. The van der Waals surface area contributed by atoms with Crippen LogP contribution in [0.5, 0.6) is 5.75 Å². The summed E-state index contributed by atoms with van der Waals surface area (Å²) in [5, 5.41) is 13.7. The van der Waals surface area contributed by atoms with E-state index in [1.165, 1.54) is 28.4 Å². The Hall–Kier alpha value is -4.35. The number of alkyl carbamates (subject to hydrolysis) is 1. The minimum absolute atomic E-state index is 0.234. The van der Waals surface area contributed by atoms with E-state index >= 15 is 4.39 Å². The number of rotatable bonds is 6. The van der Waals surface area contributed by atoms with Crippen LogP contribution in [0.3, 0.4) is 0 Å². The molecule has 3 heterocycles. The molecule has 1 aliphatic heterocycles. The third-order valence-electron chi connectivity index (χ3n) is 7.09. The fourth-order valence-corrected chi connectivity index (χ4v) is 5.36. The number of halogens is 2. The lowest BCUT2D eigenvalue weighted by Gasteiger charge is -2.23. The Bertz CT molecular complexity index is 1730. The third kappa shape index (κ3) is 6.37. The van der Waals surface area contributed by atoms with Crippen molar-refractivity contribution in [2.75, 3.05) is 25.1 Å². The van der Waals surface area contributed by atoms with E-state index < -0.39 is 29.7 Å². The van der Waals surface area contributed by atoms with Gasteiger partial charge in [-0.25, -0.2) is 19.0 Å². The predicted octanol–water partition coefficient (Wildman–Crippen LogP) is 4.78. The second-order valence-electron chi connectivity index (χ2n) is 11.4. The molecule has 0 spiro atoms. The molecule has 10 nitrogen and oxygen atoms in total. The number of aliphatic hydroxyl groups is 1. The zero-order chi connectivity index (χ0) is 31.1. The fraction of sp³-hybridized carbons (Fsp3) is 0.323. The molecule has 0 bridgehead atoms. The summed E-state index contributed by atoms with van der Waals surface area (Å²) in [7, 11) is 3.15. The quantitative estimate of drug-likeness (QED) is 0.324. The lowest BCUT2D eigenvalue weighted by atomic mass is 9.97. The minimum Gasteiger partial charge on any atom is -0.495 e. The molecule has 2 N–H and O–H groups in total. The van der Waals surface area contributed by atoms with E-state index in [4.69, 9.17) is 21.1 Å². The van der Waals surface area contributed by atoms with Crippen molar-refractivity contribution in [3.63, 3.8) is 0 Å². The number of hydrogen-bond donors (Lipinski definition) is 2. The maximum atomic E-state index is 15.1. The van der Waals surface area contributed by atoms with Gasteiger partial charge in [0.2, 0.25) is 0 Å². The van der Waals surface area contributed by atoms with Gasteiger partial charge in [0.1, 0.15) is 23.0 Å². The number of methoxy groups -OCH3 is 1. The number of aromatic nitrogens is 3. The molecule has 1 aliphatic rings. The Morgan fingerprint density at radius 3 is 2.40 bits per heavy atom. The van der Waals surface area contributed by atoms with Crippen LogP contribution in [-0.4, -0.2) is 63.3 Å². The fourth-order valence-electron chi connectivity index (χ4n) is 5.09. The van der Waals surface area contributed by atoms with E-state index in [0.29, 0.717) is 51.1 Å². The van der Waals surface area contributed by atoms with Crippen molar-refractivity contribution in [2.45, 2.75) is 38.5 Å². The zero-order valence-corrected chi connectivity index (χ0v) is 25.2. The summed E-state index contributed by atoms with van der Waals surface area (Å²) < 4.78 is 29.1. The number of amides is 1. The summed E-state index contributed by atoms with van der Waals surface area (Å²) >= 11 is 6.60. The molecular formula is C31H33ClFN5O5. The summed E-state index contributed by atoms with van der Waals surface area (Å²) in [4.78, 5) is 31.0. The predicted molar refractivity (Wildman–Crippen MR) is 163 cm³/mol. The summed E-state index contributed by atoms with van der Waals surface area (Å²) in [5.41, 5.74) is 1.79. The maximum absolute atomic E-state index is 15.1. The SMILES string of the molecule is COc1c(-c2ccnc(N3C[C@@H](O)[C@H](NC(=O)OC(C)(C)C)C3)c2)cc(F)cc1-c1ccc(-n2ccn(C)c2=O)c(Cl)c1. The molecule has 226 valence electrons. The molecule has 4 aromatic rings. The highest BCUT2D eigenvalue weighted by molar-refractivity contribution is 6.32. The van der Waals surface area contributed by atoms with Gasteiger partial charge in [-0.1, -0.05) is 17.7 Å². The number of benzene rings is 2. The lowest BCUT2D eigenvalue weighted by molar-refractivity contribution is 0.0461. The van der Waals surface area contributed by atoms with Crippen molar-refractivity contribution >= 4 is 23.5 Å². The van der Waals surface area contributed by atoms with Crippen molar-refractivity contribution in [1.82, 2.24) is 19.4 Å². The average molecular weight is 610 g/mol. The van der Waals surface area contributed by atoms with Crippen LogP contribution in [0, 0.1) is 5.82 Å². The number of carbonyl (C=O) groups is 1. The topological polar surface area (TPSA) is 111 Å². The smallest absolute Gasteiger partial charge is 0.408 e. The Labute approximate surface area is 253 Å². The van der Waals surface area contributed by atoms with Crippen LogP contribution < -0.4 is 20.6 Å². The van der Waals surface area contributed by atoms with Crippen LogP contribution in [-0.2, 0) is 11.8 Å². The largest absolute Gasteiger partial charge is 0.495 e. The first-order valence-corrected chi connectivity index (χ1v) is 14.0. The van der Waals surface area contributed by atoms with E-state index in [2.05, 4.69) is 10.3 Å². The molecule has 2 atom stereocenters. The van der Waals surface area contributed by atoms with E-state index in [1.54, 1.807) is 76.7 Å². The number of imidazole rings is 1. The molecule has 0 unspecified atom stereocenters. The first-order chi connectivity index (χ1) is 20.3. The molecular weight excluding hydrogens is 577 g/mol. The second kappa shape index (κ2) is 11.7. The Kier molecular flexibility index (Phi) is 8.22. The van der Waals surface area contributed by atoms with Crippen LogP contribution in [0.15, 0.2) is 65.8 Å². The number of aryl methyl sites for hydroxylation is 1. The van der Waals surface area contributed by atoms with Gasteiger partial charge in [0.05, 0.1) is 30.0 Å². The van der Waals surface area contributed by atoms with Crippen LogP contribution >= 0.6 is 11.6 Å². The van der Waals surface area contributed by atoms with E-state index in [1.807, 2.05) is 4.90 Å². The van der Waals surface area contributed by atoms with Crippen molar-refractivity contribution < 1.29 is 23.8 Å². The summed E-state index contributed by atoms with van der Waals surface area (Å²) in [6.45, 7) is 5.84. The number of pyridine rings is 1. The number of anilines is 1. The van der Waals surface area contributed by atoms with Crippen molar-refractivity contribution in [3.05, 3.63) is 82.4 Å². The number of carbonyl (C=O) groups excluding carboxylic acids is 1. The molecule has 1 fully saturated rings. The molecule has 0 radical (unpaired) electrons. The van der Waals surface area contributed by atoms with Gasteiger partial charge in [0.25, 0.3) is 0 Å². The van der Waals surface area contributed by atoms with Crippen LogP contribution in [0.4, 0.5) is 15.0 Å². The number of nitrogens with one attached hydrogen (secondary N) is 1. The monoisotopic (exact) mass is 609 g/mol. The van der Waals surface area contributed by atoms with Crippen LogP contribution in [0.2, 0.25) is 5.02 Å². The molecule has 5 rings (SSSR count). The molecule has 2 aromatic carbocycles. The van der Waals surface area contributed by atoms with Crippen LogP contribution in [0.25, 0.3) is 27.9 Å². The van der Waals surface area contributed by atoms with Crippen molar-refractivity contribution in [3.8, 4) is 33.7 Å². The molecule has 0 saturated carbocycles. The van der Waals surface area contributed by atoms with E-state index in [0.717, 1.165) is 0 Å². The third-order valence-corrected chi connectivity index (χ3v) is 7.40. The van der Waals surface area contributed by atoms with Crippen molar-refractivity contribution in [2.24, 2.45) is 7.05 Å². The van der Waals surface area contributed by atoms with Crippen molar-refractivity contribution in [1.29, 1.82) is 0 Å². The van der Waals surface area contributed by atoms with Gasteiger partial charge >= 0.3 is 11.8 Å². The maximum Gasteiger partial charge on any atom is 0.408 e. The number of hydrogen-bond acceptors (Lipinski definition) is 7. The molecule has 43 heavy (non-hydrogen) atoms. The van der Waals surface area contributed by atoms with Gasteiger partial charge in [-0.2, -0.15) is 0 Å². The average Bonchev–Trinajstić information content (AvgIpc) is 3.47. The first kappa shape index (κ1) is 30.1. The first-order valence-electron chi connectivity index (χ1n) is 13.7. The standard InChI is InChI=1S/C31H33ClFN5O5/c1-31(2,3)43-29(40)35-24-16-37(17-26(24)39)27-13-19(8-9-34-27)22-15-20(33)14-21(28(22)42-5)18-6-7-25(23(32)12-18)38-11-10-36(4)30(38)41/h6-15,24,26,39H,16-17H2,1-5H3,(H,35,40)/t24-,26-/m1/s1. The number of β-amino-alcohol motifs (C(OH)–C–C–N with tert-alkyl or cyclic N) is 1. The highest BCUT2D eigenvalue weighted by atomic mass is 35.5. The minimum atomic E-state index is -0.840. The highest BCUT2D eigenvalue weighted by Crippen LogP contribution is 2.41. The van der Waals surface area contributed by atoms with Gasteiger partial charge in [0.15, 0.2) is 0 Å². The van der Waals surface area contributed by atoms with Gasteiger partial charge in [-0.3, -0.25) is 4.57 Å². The highest BCUT2D eigenvalue weighted by Gasteiger charge is 2.34. The summed E-state index contributed by atoms with van der Waals surface area (Å²) in [5.74, 6) is 0.477. The Balaban J connectivity index is 1.45. The second-order valence-corrected chi connectivity index (χ2v) is 11.8. The van der Waals surface area contributed by atoms with E-state index in [-0.39, 0.29) is 12.2 Å². The zero-order valence-electron chi connectivity index (χ0n) is 24.5. The number of nitrogens with zero attached hydrogens (tertiary/aromatic N) is 4. The Morgan fingerprint density at radius 2 is 1.79 bits per heavy atom. The summed E-state index contributed by atoms with van der Waals surface area (Å²) in [6, 6.07) is 10.8. The van der Waals surface area contributed by atoms with Gasteiger partial charge < -0.3 is 29.4 Å².